The molecule has 0 fully saturated rings. The maximum atomic E-state index is 2.08. The van der Waals surface area contributed by atoms with Gasteiger partial charge in [-0.2, -0.15) is 41.5 Å². The summed E-state index contributed by atoms with van der Waals surface area (Å²) in [5.74, 6) is 2.83. The second kappa shape index (κ2) is 11.7. The van der Waals surface area contributed by atoms with Gasteiger partial charge in [0.05, 0.1) is 0 Å². The van der Waals surface area contributed by atoms with Gasteiger partial charge in [0.15, 0.2) is 0 Å². The normalized spacial score (nSPS) is 8.00. The summed E-state index contributed by atoms with van der Waals surface area (Å²) < 4.78 is 0. The average molecular weight is 205 g/mol. The van der Waals surface area contributed by atoms with Crippen molar-refractivity contribution in [3.05, 3.63) is 11.8 Å². The van der Waals surface area contributed by atoms with E-state index in [9.17, 15) is 0 Å². The van der Waals surface area contributed by atoms with Crippen molar-refractivity contribution in [3.8, 4) is 0 Å². The molecule has 0 nitrogen and oxygen atoms in total. The molecule has 54 valence electrons. The molecule has 0 heterocycles. The van der Waals surface area contributed by atoms with Crippen LogP contribution < -0.4 is 0 Å². The topological polar surface area (TPSA) is 0 Å². The Labute approximate surface area is 79.5 Å². The Morgan fingerprint density at radius 3 is 0.556 bits per heavy atom. The molecule has 0 N–H and O–H groups in total. The molecule has 0 aromatic carbocycles. The minimum Gasteiger partial charge on any atom is -0.323 e. The summed E-state index contributed by atoms with van der Waals surface area (Å²) in [6.45, 7) is 12.5. The van der Waals surface area contributed by atoms with E-state index >= 15 is 0 Å². The van der Waals surface area contributed by atoms with Gasteiger partial charge in [-0.1, -0.05) is 0 Å². The first-order chi connectivity index (χ1) is 3.46. The van der Waals surface area contributed by atoms with Gasteiger partial charge in [-0.05, 0) is 0 Å². The van der Waals surface area contributed by atoms with Crippen molar-refractivity contribution in [3.63, 3.8) is 0 Å². The van der Waals surface area contributed by atoms with Crippen LogP contribution in [-0.2, 0) is 26.2 Å². The van der Waals surface area contributed by atoms with E-state index in [0.29, 0.717) is 0 Å². The standard InChI is InChI=1S/2C4H9.Zr/c2*1-4(2)3;/h2*1-3H3;/q2*-1;+2. The third-order valence-corrected chi connectivity index (χ3v) is 0. The van der Waals surface area contributed by atoms with Gasteiger partial charge >= 0.3 is 26.2 Å². The Morgan fingerprint density at radius 1 is 0.556 bits per heavy atom. The Hall–Kier alpha value is 0.883. The van der Waals surface area contributed by atoms with Crippen LogP contribution in [0.1, 0.15) is 41.5 Å². The van der Waals surface area contributed by atoms with Crippen molar-refractivity contribution in [1.29, 1.82) is 0 Å². The number of hydrogen-bond donors (Lipinski definition) is 0. The van der Waals surface area contributed by atoms with Gasteiger partial charge < -0.3 is 11.8 Å². The fourth-order valence-electron chi connectivity index (χ4n) is 0. The predicted molar refractivity (Wildman–Crippen MR) is 40.5 cm³/mol. The summed E-state index contributed by atoms with van der Waals surface area (Å²) in [4.78, 5) is 0. The van der Waals surface area contributed by atoms with Gasteiger partial charge in [0, 0.05) is 0 Å². The van der Waals surface area contributed by atoms with Crippen molar-refractivity contribution < 1.29 is 26.2 Å². The van der Waals surface area contributed by atoms with Crippen LogP contribution in [0, 0.1) is 11.8 Å². The Kier molecular flexibility index (Phi) is 21.3. The molecule has 0 atom stereocenters. The van der Waals surface area contributed by atoms with Crippen molar-refractivity contribution in [2.45, 2.75) is 41.5 Å². The Morgan fingerprint density at radius 2 is 0.556 bits per heavy atom. The van der Waals surface area contributed by atoms with Gasteiger partial charge in [0.1, 0.15) is 0 Å². The molecule has 0 aromatic heterocycles. The van der Waals surface area contributed by atoms with Crippen molar-refractivity contribution in [1.82, 2.24) is 0 Å². The zero-order valence-electron chi connectivity index (χ0n) is 7.50. The summed E-state index contributed by atoms with van der Waals surface area (Å²) in [5, 5.41) is 0. The molecule has 1 heteroatoms. The zero-order valence-corrected chi connectivity index (χ0v) is 9.96. The second-order valence-electron chi connectivity index (χ2n) is 3.00. The molecule has 0 saturated carbocycles. The van der Waals surface area contributed by atoms with E-state index in [2.05, 4.69) is 41.5 Å². The first-order valence-electron chi connectivity index (χ1n) is 3.00. The summed E-state index contributed by atoms with van der Waals surface area (Å²) >= 11 is 0. The minimum atomic E-state index is 0. The van der Waals surface area contributed by atoms with E-state index < -0.39 is 0 Å². The summed E-state index contributed by atoms with van der Waals surface area (Å²) in [5.41, 5.74) is 0. The van der Waals surface area contributed by atoms with Crippen LogP contribution >= 0.6 is 0 Å². The SMILES string of the molecule is C[C-](C)C.C[C-](C)C.[Zr+2]. The molecular weight excluding hydrogens is 187 g/mol. The average Bonchev–Trinajstić information content (AvgIpc) is 1.25. The molecular formula is C8H18Zr. The van der Waals surface area contributed by atoms with E-state index in [1.165, 1.54) is 11.8 Å². The smallest absolute Gasteiger partial charge is 0.323 e. The molecule has 0 unspecified atom stereocenters. The van der Waals surface area contributed by atoms with E-state index in [4.69, 9.17) is 0 Å². The van der Waals surface area contributed by atoms with E-state index in [-0.39, 0.29) is 26.2 Å². The monoisotopic (exact) mass is 204 g/mol. The molecule has 0 aliphatic rings. The van der Waals surface area contributed by atoms with Crippen LogP contribution in [0.25, 0.3) is 0 Å². The zero-order chi connectivity index (χ0) is 7.15. The van der Waals surface area contributed by atoms with Crippen molar-refractivity contribution in [2.75, 3.05) is 0 Å². The maximum absolute atomic E-state index is 2.08. The van der Waals surface area contributed by atoms with Crippen LogP contribution in [0.5, 0.6) is 0 Å². The minimum absolute atomic E-state index is 0. The summed E-state index contributed by atoms with van der Waals surface area (Å²) in [6, 6.07) is 0. The van der Waals surface area contributed by atoms with Crippen LogP contribution in [0.4, 0.5) is 0 Å². The molecule has 0 saturated heterocycles. The molecule has 0 aliphatic heterocycles. The maximum Gasteiger partial charge on any atom is 2.00 e. The second-order valence-corrected chi connectivity index (χ2v) is 3.00. The van der Waals surface area contributed by atoms with Crippen LogP contribution in [0.3, 0.4) is 0 Å². The van der Waals surface area contributed by atoms with E-state index in [1.54, 1.807) is 0 Å². The van der Waals surface area contributed by atoms with Crippen LogP contribution in [0.2, 0.25) is 0 Å². The molecule has 9 heavy (non-hydrogen) atoms. The molecule has 0 bridgehead atoms. The van der Waals surface area contributed by atoms with Gasteiger partial charge in [0.2, 0.25) is 0 Å². The fourth-order valence-corrected chi connectivity index (χ4v) is 0. The van der Waals surface area contributed by atoms with Gasteiger partial charge in [-0.15, -0.1) is 0 Å². The first kappa shape index (κ1) is 16.5. The molecule has 0 amide bonds. The largest absolute Gasteiger partial charge is 2.00 e. The summed E-state index contributed by atoms with van der Waals surface area (Å²) in [6.07, 6.45) is 0. The van der Waals surface area contributed by atoms with Gasteiger partial charge in [0.25, 0.3) is 0 Å². The quantitative estimate of drug-likeness (QED) is 0.533. The molecule has 0 rings (SSSR count). The van der Waals surface area contributed by atoms with Crippen molar-refractivity contribution >= 4 is 0 Å². The summed E-state index contributed by atoms with van der Waals surface area (Å²) in [7, 11) is 0. The van der Waals surface area contributed by atoms with E-state index in [0.717, 1.165) is 0 Å². The molecule has 0 aromatic rings. The Balaban J connectivity index is -0.0000000720. The fraction of sp³-hybridized carbons (Fsp3) is 0.750. The van der Waals surface area contributed by atoms with Crippen molar-refractivity contribution in [2.24, 2.45) is 0 Å². The molecule has 0 radical (unpaired) electrons. The molecule has 0 spiro atoms. The predicted octanol–water partition coefficient (Wildman–Crippen LogP) is 3.24. The third-order valence-electron chi connectivity index (χ3n) is 0. The van der Waals surface area contributed by atoms with E-state index in [1.807, 2.05) is 0 Å². The number of hydrogen-bond acceptors (Lipinski definition) is 0. The van der Waals surface area contributed by atoms with Crippen LogP contribution in [-0.4, -0.2) is 0 Å². The third kappa shape index (κ3) is 540. The Bertz CT molecular complexity index is 20.0. The van der Waals surface area contributed by atoms with Gasteiger partial charge in [-0.3, -0.25) is 0 Å². The number of rotatable bonds is 0. The first-order valence-corrected chi connectivity index (χ1v) is 3.00. The van der Waals surface area contributed by atoms with Gasteiger partial charge in [-0.25, -0.2) is 0 Å². The van der Waals surface area contributed by atoms with Crippen LogP contribution in [0.15, 0.2) is 0 Å². The molecule has 0 aliphatic carbocycles.